The van der Waals surface area contributed by atoms with E-state index in [4.69, 9.17) is 16.3 Å². The van der Waals surface area contributed by atoms with Crippen molar-refractivity contribution in [1.82, 2.24) is 4.90 Å². The van der Waals surface area contributed by atoms with Gasteiger partial charge >= 0.3 is 0 Å². The summed E-state index contributed by atoms with van der Waals surface area (Å²) in [6, 6.07) is 12.1. The van der Waals surface area contributed by atoms with Gasteiger partial charge in [0.05, 0.1) is 10.3 Å². The molecule has 0 unspecified atom stereocenters. The zero-order valence-corrected chi connectivity index (χ0v) is 18.6. The highest BCUT2D eigenvalue weighted by molar-refractivity contribution is 7.90. The van der Waals surface area contributed by atoms with Gasteiger partial charge in [0, 0.05) is 23.5 Å². The number of fused-ring (bicyclic) bond motifs is 2. The Kier molecular flexibility index (Phi) is 5.55. The van der Waals surface area contributed by atoms with Gasteiger partial charge in [-0.25, -0.2) is 8.42 Å². The van der Waals surface area contributed by atoms with Gasteiger partial charge in [0.15, 0.2) is 9.84 Å². The molecule has 2 aliphatic rings. The Hall–Kier alpha value is -2.09. The Morgan fingerprint density at radius 3 is 2.47 bits per heavy atom. The SMILES string of the molecule is C[C@@H](CN1CCC2(CC1)C(=O)Nc1ccc(Cl)cc12)Oc1ccc(S(C)(=O)=O)cc1. The Labute approximate surface area is 182 Å². The average molecular weight is 449 g/mol. The maximum atomic E-state index is 12.7. The molecule has 0 aromatic heterocycles. The number of hydrogen-bond donors (Lipinski definition) is 1. The smallest absolute Gasteiger partial charge is 0.235 e. The number of ether oxygens (including phenoxy) is 1. The van der Waals surface area contributed by atoms with Gasteiger partial charge in [-0.05, 0) is 80.9 Å². The molecule has 1 spiro atoms. The largest absolute Gasteiger partial charge is 0.489 e. The van der Waals surface area contributed by atoms with Crippen LogP contribution in [-0.2, 0) is 20.0 Å². The summed E-state index contributed by atoms with van der Waals surface area (Å²) in [5.41, 5.74) is 1.38. The fraction of sp³-hybridized carbons (Fsp3) is 0.409. The number of carbonyl (C=O) groups is 1. The number of benzene rings is 2. The minimum absolute atomic E-state index is 0.0645. The first-order valence-corrected chi connectivity index (χ1v) is 12.2. The van der Waals surface area contributed by atoms with Gasteiger partial charge in [0.1, 0.15) is 11.9 Å². The van der Waals surface area contributed by atoms with Crippen LogP contribution in [0.25, 0.3) is 0 Å². The van der Waals surface area contributed by atoms with Crippen molar-refractivity contribution in [2.75, 3.05) is 31.2 Å². The Bertz CT molecular complexity index is 1060. The number of halogens is 1. The van der Waals surface area contributed by atoms with Gasteiger partial charge in [0.25, 0.3) is 0 Å². The molecule has 0 bridgehead atoms. The molecule has 1 amide bonds. The molecule has 4 rings (SSSR count). The lowest BCUT2D eigenvalue weighted by Gasteiger charge is -2.38. The molecule has 1 saturated heterocycles. The number of hydrogen-bond acceptors (Lipinski definition) is 5. The van der Waals surface area contributed by atoms with E-state index in [9.17, 15) is 13.2 Å². The lowest BCUT2D eigenvalue weighted by Crippen LogP contribution is -2.48. The van der Waals surface area contributed by atoms with E-state index in [2.05, 4.69) is 10.2 Å². The topological polar surface area (TPSA) is 75.7 Å². The second-order valence-electron chi connectivity index (χ2n) is 8.20. The molecule has 1 N–H and O–H groups in total. The summed E-state index contributed by atoms with van der Waals surface area (Å²) in [5.74, 6) is 0.705. The van der Waals surface area contributed by atoms with Gasteiger partial charge in [-0.15, -0.1) is 0 Å². The van der Waals surface area contributed by atoms with E-state index >= 15 is 0 Å². The standard InChI is InChI=1S/C22H25ClN2O4S/c1-15(29-17-4-6-18(7-5-17)30(2,27)28)14-25-11-9-22(10-12-25)19-13-16(23)3-8-20(19)24-21(22)26/h3-8,13,15H,9-12,14H2,1-2H3,(H,24,26)/t15-/m0/s1. The van der Waals surface area contributed by atoms with Crippen LogP contribution in [0.4, 0.5) is 5.69 Å². The van der Waals surface area contributed by atoms with Crippen molar-refractivity contribution in [2.45, 2.75) is 36.2 Å². The molecule has 8 heteroatoms. The summed E-state index contributed by atoms with van der Waals surface area (Å²) >= 11 is 6.18. The van der Waals surface area contributed by atoms with E-state index in [0.29, 0.717) is 10.8 Å². The van der Waals surface area contributed by atoms with E-state index in [1.807, 2.05) is 19.1 Å². The zero-order chi connectivity index (χ0) is 21.5. The minimum Gasteiger partial charge on any atom is -0.489 e. The number of nitrogens with zero attached hydrogens (tertiary/aromatic N) is 1. The first-order chi connectivity index (χ1) is 14.2. The molecule has 2 aromatic carbocycles. The molecule has 2 aliphatic heterocycles. The van der Waals surface area contributed by atoms with Crippen LogP contribution >= 0.6 is 11.6 Å². The first-order valence-electron chi connectivity index (χ1n) is 9.98. The monoisotopic (exact) mass is 448 g/mol. The lowest BCUT2D eigenvalue weighted by atomic mass is 9.73. The van der Waals surface area contributed by atoms with Crippen molar-refractivity contribution in [3.8, 4) is 5.75 Å². The summed E-state index contributed by atoms with van der Waals surface area (Å²) in [5, 5.41) is 3.65. The summed E-state index contributed by atoms with van der Waals surface area (Å²) < 4.78 is 29.1. The van der Waals surface area contributed by atoms with Gasteiger partial charge in [-0.2, -0.15) is 0 Å². The molecule has 0 aliphatic carbocycles. The molecule has 2 heterocycles. The van der Waals surface area contributed by atoms with Crippen molar-refractivity contribution in [2.24, 2.45) is 0 Å². The molecular formula is C22H25ClN2O4S. The third-order valence-corrected chi connectivity index (χ3v) is 7.36. The lowest BCUT2D eigenvalue weighted by molar-refractivity contribution is -0.122. The van der Waals surface area contributed by atoms with E-state index in [1.165, 1.54) is 6.26 Å². The maximum absolute atomic E-state index is 12.7. The van der Waals surface area contributed by atoms with Crippen molar-refractivity contribution >= 4 is 33.0 Å². The zero-order valence-electron chi connectivity index (χ0n) is 17.0. The number of amides is 1. The number of carbonyl (C=O) groups excluding carboxylic acids is 1. The van der Waals surface area contributed by atoms with Crippen LogP contribution < -0.4 is 10.1 Å². The van der Waals surface area contributed by atoms with Gasteiger partial charge in [0.2, 0.25) is 5.91 Å². The molecule has 160 valence electrons. The number of anilines is 1. The van der Waals surface area contributed by atoms with Gasteiger partial charge in [-0.3, -0.25) is 9.69 Å². The Balaban J connectivity index is 1.36. The molecule has 30 heavy (non-hydrogen) atoms. The van der Waals surface area contributed by atoms with Crippen LogP contribution in [0.3, 0.4) is 0 Å². The minimum atomic E-state index is -3.21. The Morgan fingerprint density at radius 1 is 1.17 bits per heavy atom. The third kappa shape index (κ3) is 4.06. The number of likely N-dealkylation sites (tertiary alicyclic amines) is 1. The summed E-state index contributed by atoms with van der Waals surface area (Å²) in [6.07, 6.45) is 2.59. The fourth-order valence-electron chi connectivity index (χ4n) is 4.40. The first kappa shape index (κ1) is 21.2. The summed E-state index contributed by atoms with van der Waals surface area (Å²) in [6.45, 7) is 4.31. The summed E-state index contributed by atoms with van der Waals surface area (Å²) in [7, 11) is -3.21. The second kappa shape index (κ2) is 7.87. The number of nitrogens with one attached hydrogen (secondary N) is 1. The predicted octanol–water partition coefficient (Wildman–Crippen LogP) is 3.50. The molecule has 6 nitrogen and oxygen atoms in total. The molecule has 1 atom stereocenters. The van der Waals surface area contributed by atoms with Crippen LogP contribution in [0, 0.1) is 0 Å². The molecular weight excluding hydrogens is 424 g/mol. The van der Waals surface area contributed by atoms with Crippen LogP contribution in [-0.4, -0.2) is 51.2 Å². The molecule has 0 radical (unpaired) electrons. The highest BCUT2D eigenvalue weighted by atomic mass is 35.5. The summed E-state index contributed by atoms with van der Waals surface area (Å²) in [4.78, 5) is 15.3. The predicted molar refractivity (Wildman–Crippen MR) is 117 cm³/mol. The average Bonchev–Trinajstić information content (AvgIpc) is 2.94. The quantitative estimate of drug-likeness (QED) is 0.757. The molecule has 1 fully saturated rings. The number of rotatable bonds is 5. The fourth-order valence-corrected chi connectivity index (χ4v) is 5.20. The van der Waals surface area contributed by atoms with Gasteiger partial charge < -0.3 is 10.1 Å². The number of piperidine rings is 1. The third-order valence-electron chi connectivity index (χ3n) is 5.99. The van der Waals surface area contributed by atoms with Crippen molar-refractivity contribution in [3.05, 3.63) is 53.1 Å². The highest BCUT2D eigenvalue weighted by Crippen LogP contribution is 2.45. The molecule has 2 aromatic rings. The number of sulfone groups is 1. The van der Waals surface area contributed by atoms with E-state index in [1.54, 1.807) is 30.3 Å². The van der Waals surface area contributed by atoms with Crippen molar-refractivity contribution in [3.63, 3.8) is 0 Å². The van der Waals surface area contributed by atoms with E-state index in [0.717, 1.165) is 43.7 Å². The normalized spacial score (nSPS) is 19.4. The van der Waals surface area contributed by atoms with E-state index < -0.39 is 15.3 Å². The van der Waals surface area contributed by atoms with Crippen LogP contribution in [0.15, 0.2) is 47.4 Å². The van der Waals surface area contributed by atoms with Crippen LogP contribution in [0.1, 0.15) is 25.3 Å². The van der Waals surface area contributed by atoms with E-state index in [-0.39, 0.29) is 16.9 Å². The highest BCUT2D eigenvalue weighted by Gasteiger charge is 2.48. The van der Waals surface area contributed by atoms with Gasteiger partial charge in [-0.1, -0.05) is 11.6 Å². The van der Waals surface area contributed by atoms with Crippen LogP contribution in [0.5, 0.6) is 5.75 Å². The second-order valence-corrected chi connectivity index (χ2v) is 10.7. The molecule has 0 saturated carbocycles. The van der Waals surface area contributed by atoms with Crippen molar-refractivity contribution < 1.29 is 17.9 Å². The van der Waals surface area contributed by atoms with Crippen LogP contribution in [0.2, 0.25) is 5.02 Å². The maximum Gasteiger partial charge on any atom is 0.235 e. The Morgan fingerprint density at radius 2 is 1.83 bits per heavy atom. The van der Waals surface area contributed by atoms with Crippen molar-refractivity contribution in [1.29, 1.82) is 0 Å².